The zero-order valence-electron chi connectivity index (χ0n) is 10.1. The molecule has 0 radical (unpaired) electrons. The molecule has 1 rings (SSSR count). The van der Waals surface area contributed by atoms with Crippen LogP contribution in [0.25, 0.3) is 0 Å². The molecule has 1 aromatic carbocycles. The third kappa shape index (κ3) is 3.35. The van der Waals surface area contributed by atoms with Crippen molar-refractivity contribution in [3.63, 3.8) is 0 Å². The molecule has 0 aromatic heterocycles. The van der Waals surface area contributed by atoms with Gasteiger partial charge < -0.3 is 20.5 Å². The number of benzene rings is 1. The Bertz CT molecular complexity index is 393. The first kappa shape index (κ1) is 13.3. The molecule has 0 heterocycles. The summed E-state index contributed by atoms with van der Waals surface area (Å²) in [5.41, 5.74) is 7.57. The van der Waals surface area contributed by atoms with Crippen molar-refractivity contribution in [2.24, 2.45) is 0 Å². The van der Waals surface area contributed by atoms with Gasteiger partial charge in [-0.15, -0.1) is 0 Å². The lowest BCUT2D eigenvalue weighted by molar-refractivity contribution is 0.0526. The summed E-state index contributed by atoms with van der Waals surface area (Å²) in [6.07, 6.45) is 0. The average Bonchev–Trinajstić information content (AvgIpc) is 2.29. The van der Waals surface area contributed by atoms with E-state index in [2.05, 4.69) is 0 Å². The van der Waals surface area contributed by atoms with Gasteiger partial charge in [0.2, 0.25) is 0 Å². The molecule has 5 nitrogen and oxygen atoms in total. The lowest BCUT2D eigenvalue weighted by Crippen LogP contribution is -2.22. The number of aliphatic hydroxyl groups excluding tert-OH is 1. The van der Waals surface area contributed by atoms with E-state index in [9.17, 15) is 4.79 Å². The highest BCUT2D eigenvalue weighted by Crippen LogP contribution is 2.23. The summed E-state index contributed by atoms with van der Waals surface area (Å²) in [7, 11) is 1.83. The van der Waals surface area contributed by atoms with E-state index >= 15 is 0 Å². The summed E-state index contributed by atoms with van der Waals surface area (Å²) in [6, 6.07) is 5.00. The summed E-state index contributed by atoms with van der Waals surface area (Å²) in [5, 5.41) is 8.85. The molecule has 17 heavy (non-hydrogen) atoms. The molecule has 0 bridgehead atoms. The van der Waals surface area contributed by atoms with Crippen LogP contribution in [-0.2, 0) is 4.74 Å². The van der Waals surface area contributed by atoms with Crippen LogP contribution < -0.4 is 10.6 Å². The van der Waals surface area contributed by atoms with E-state index in [1.54, 1.807) is 25.1 Å². The van der Waals surface area contributed by atoms with Gasteiger partial charge in [0.25, 0.3) is 0 Å². The van der Waals surface area contributed by atoms with E-state index in [-0.39, 0.29) is 12.6 Å². The zero-order chi connectivity index (χ0) is 12.8. The molecule has 0 unspecified atom stereocenters. The summed E-state index contributed by atoms with van der Waals surface area (Å²) < 4.78 is 4.88. The van der Waals surface area contributed by atoms with E-state index in [1.807, 2.05) is 11.9 Å². The number of ether oxygens (including phenoxy) is 1. The minimum absolute atomic E-state index is 0.0512. The van der Waals surface area contributed by atoms with E-state index in [4.69, 9.17) is 15.6 Å². The van der Waals surface area contributed by atoms with Gasteiger partial charge in [0.1, 0.15) is 0 Å². The molecule has 0 amide bonds. The van der Waals surface area contributed by atoms with Crippen molar-refractivity contribution in [3.05, 3.63) is 23.8 Å². The van der Waals surface area contributed by atoms with Gasteiger partial charge in [-0.05, 0) is 25.1 Å². The molecule has 0 aliphatic rings. The van der Waals surface area contributed by atoms with E-state index < -0.39 is 0 Å². The Balaban J connectivity index is 2.89. The number of nitrogens with zero attached hydrogens (tertiary/aromatic N) is 1. The second kappa shape index (κ2) is 6.10. The highest BCUT2D eigenvalue weighted by atomic mass is 16.5. The number of hydrogen-bond acceptors (Lipinski definition) is 5. The Morgan fingerprint density at radius 2 is 2.24 bits per heavy atom. The third-order valence-electron chi connectivity index (χ3n) is 2.39. The van der Waals surface area contributed by atoms with Crippen molar-refractivity contribution in [2.75, 3.05) is 37.4 Å². The monoisotopic (exact) mass is 238 g/mol. The first-order valence-electron chi connectivity index (χ1n) is 5.48. The van der Waals surface area contributed by atoms with E-state index in [0.717, 1.165) is 5.69 Å². The Hall–Kier alpha value is -1.75. The third-order valence-corrected chi connectivity index (χ3v) is 2.39. The van der Waals surface area contributed by atoms with Gasteiger partial charge in [-0.1, -0.05) is 0 Å². The van der Waals surface area contributed by atoms with Crippen LogP contribution in [0, 0.1) is 0 Å². The normalized spacial score (nSPS) is 10.1. The maximum atomic E-state index is 11.5. The number of likely N-dealkylation sites (N-methyl/N-ethyl adjacent to an activating group) is 1. The predicted molar refractivity (Wildman–Crippen MR) is 67.2 cm³/mol. The summed E-state index contributed by atoms with van der Waals surface area (Å²) in [4.78, 5) is 13.3. The van der Waals surface area contributed by atoms with Crippen LogP contribution in [0.4, 0.5) is 11.4 Å². The minimum Gasteiger partial charge on any atom is -0.462 e. The number of rotatable bonds is 5. The molecular weight excluding hydrogens is 220 g/mol. The van der Waals surface area contributed by atoms with Gasteiger partial charge in [-0.3, -0.25) is 0 Å². The van der Waals surface area contributed by atoms with Gasteiger partial charge >= 0.3 is 5.97 Å². The van der Waals surface area contributed by atoms with Crippen LogP contribution in [0.1, 0.15) is 17.3 Å². The Morgan fingerprint density at radius 1 is 1.53 bits per heavy atom. The van der Waals surface area contributed by atoms with E-state index in [1.165, 1.54) is 0 Å². The highest BCUT2D eigenvalue weighted by Gasteiger charge is 2.10. The first-order valence-corrected chi connectivity index (χ1v) is 5.48. The predicted octanol–water partition coefficient (Wildman–Crippen LogP) is 0.874. The smallest absolute Gasteiger partial charge is 0.338 e. The average molecular weight is 238 g/mol. The molecule has 1 aromatic rings. The fourth-order valence-corrected chi connectivity index (χ4v) is 1.51. The van der Waals surface area contributed by atoms with Crippen molar-refractivity contribution in [2.45, 2.75) is 6.92 Å². The van der Waals surface area contributed by atoms with Crippen molar-refractivity contribution in [1.29, 1.82) is 0 Å². The van der Waals surface area contributed by atoms with Gasteiger partial charge in [0.05, 0.1) is 30.2 Å². The molecule has 0 spiro atoms. The van der Waals surface area contributed by atoms with Gasteiger partial charge in [0.15, 0.2) is 0 Å². The van der Waals surface area contributed by atoms with Gasteiger partial charge in [-0.2, -0.15) is 0 Å². The summed E-state index contributed by atoms with van der Waals surface area (Å²) in [5.74, 6) is -0.379. The number of nitrogens with two attached hydrogens (primary N) is 1. The zero-order valence-corrected chi connectivity index (χ0v) is 10.1. The molecule has 0 saturated carbocycles. The second-order valence-electron chi connectivity index (χ2n) is 3.64. The topological polar surface area (TPSA) is 75.8 Å². The standard InChI is InChI=1S/C12H18N2O3/c1-3-17-12(16)9-4-5-11(10(13)8-9)14(2)6-7-15/h4-5,8,15H,3,6-7,13H2,1-2H3. The van der Waals surface area contributed by atoms with Crippen LogP contribution in [0.2, 0.25) is 0 Å². The lowest BCUT2D eigenvalue weighted by atomic mass is 10.1. The fraction of sp³-hybridized carbons (Fsp3) is 0.417. The molecule has 94 valence electrons. The summed E-state index contributed by atoms with van der Waals surface area (Å²) in [6.45, 7) is 2.63. The van der Waals surface area contributed by atoms with Crippen molar-refractivity contribution in [3.8, 4) is 0 Å². The fourth-order valence-electron chi connectivity index (χ4n) is 1.51. The molecule has 5 heteroatoms. The molecule has 0 aliphatic carbocycles. The van der Waals surface area contributed by atoms with Crippen molar-refractivity contribution in [1.82, 2.24) is 0 Å². The molecule has 0 saturated heterocycles. The largest absolute Gasteiger partial charge is 0.462 e. The number of esters is 1. The number of carbonyl (C=O) groups excluding carboxylic acids is 1. The van der Waals surface area contributed by atoms with Crippen LogP contribution in [0.15, 0.2) is 18.2 Å². The van der Waals surface area contributed by atoms with Crippen molar-refractivity contribution < 1.29 is 14.6 Å². The Kier molecular flexibility index (Phi) is 4.78. The lowest BCUT2D eigenvalue weighted by Gasteiger charge is -2.20. The maximum absolute atomic E-state index is 11.5. The van der Waals surface area contributed by atoms with Gasteiger partial charge in [0, 0.05) is 13.6 Å². The molecule has 0 atom stereocenters. The van der Waals surface area contributed by atoms with Crippen LogP contribution in [0.3, 0.4) is 0 Å². The van der Waals surface area contributed by atoms with Crippen LogP contribution >= 0.6 is 0 Å². The Labute approximate surface area is 101 Å². The van der Waals surface area contributed by atoms with Crippen LogP contribution in [-0.4, -0.2) is 37.9 Å². The Morgan fingerprint density at radius 3 is 2.76 bits per heavy atom. The first-order chi connectivity index (χ1) is 8.10. The quantitative estimate of drug-likeness (QED) is 0.588. The van der Waals surface area contributed by atoms with Crippen molar-refractivity contribution >= 4 is 17.3 Å². The number of anilines is 2. The minimum atomic E-state index is -0.379. The molecule has 0 aliphatic heterocycles. The number of hydrogen-bond donors (Lipinski definition) is 2. The molecular formula is C12H18N2O3. The maximum Gasteiger partial charge on any atom is 0.338 e. The SMILES string of the molecule is CCOC(=O)c1ccc(N(C)CCO)c(N)c1. The molecule has 0 fully saturated rings. The highest BCUT2D eigenvalue weighted by molar-refractivity contribution is 5.92. The number of nitrogen functional groups attached to an aromatic ring is 1. The number of carbonyl (C=O) groups is 1. The summed E-state index contributed by atoms with van der Waals surface area (Å²) >= 11 is 0. The van der Waals surface area contributed by atoms with Crippen LogP contribution in [0.5, 0.6) is 0 Å². The second-order valence-corrected chi connectivity index (χ2v) is 3.64. The number of aliphatic hydroxyl groups is 1. The molecule has 3 N–H and O–H groups in total. The van der Waals surface area contributed by atoms with E-state index in [0.29, 0.717) is 24.4 Å². The van der Waals surface area contributed by atoms with Gasteiger partial charge in [-0.25, -0.2) is 4.79 Å².